The lowest BCUT2D eigenvalue weighted by Crippen LogP contribution is -2.63. The van der Waals surface area contributed by atoms with Crippen LogP contribution in [0.3, 0.4) is 0 Å². The molecule has 1 aromatic carbocycles. The minimum Gasteiger partial charge on any atom is -0.504 e. The Morgan fingerprint density at radius 3 is 2.43 bits per heavy atom. The quantitative estimate of drug-likeness (QED) is 0.286. The second-order valence-corrected chi connectivity index (χ2v) is 8.61. The van der Waals surface area contributed by atoms with E-state index in [2.05, 4.69) is 0 Å². The van der Waals surface area contributed by atoms with Gasteiger partial charge in [0.15, 0.2) is 23.4 Å². The van der Waals surface area contributed by atoms with Gasteiger partial charge in [-0.2, -0.15) is 0 Å². The van der Waals surface area contributed by atoms with Crippen LogP contribution >= 0.6 is 0 Å². The fourth-order valence-electron chi connectivity index (χ4n) is 5.04. The molecule has 0 amide bonds. The van der Waals surface area contributed by atoms with Crippen molar-refractivity contribution in [1.29, 1.82) is 0 Å². The van der Waals surface area contributed by atoms with Crippen LogP contribution in [-0.2, 0) is 14.9 Å². The first-order chi connectivity index (χ1) is 14.1. The fraction of sp³-hybridized carbons (Fsp3) is 0.700. The monoisotopic (exact) mass is 428 g/mol. The van der Waals surface area contributed by atoms with Crippen molar-refractivity contribution in [2.45, 2.75) is 74.2 Å². The van der Waals surface area contributed by atoms with Gasteiger partial charge >= 0.3 is 0 Å². The number of aliphatic hydroxyl groups is 6. The molecule has 4 rings (SSSR count). The molecule has 0 aromatic heterocycles. The molecule has 1 aliphatic carbocycles. The average molecular weight is 428 g/mol. The molecule has 10 nitrogen and oxygen atoms in total. The van der Waals surface area contributed by atoms with Crippen LogP contribution in [0.2, 0.25) is 0 Å². The van der Waals surface area contributed by atoms with Gasteiger partial charge in [0.25, 0.3) is 0 Å². The summed E-state index contributed by atoms with van der Waals surface area (Å²) in [5, 5.41) is 71.3. The molecule has 2 aliphatic heterocycles. The fourth-order valence-corrected chi connectivity index (χ4v) is 5.04. The summed E-state index contributed by atoms with van der Waals surface area (Å²) in [6.07, 6.45) is -9.77. The van der Waals surface area contributed by atoms with Crippen molar-refractivity contribution in [3.8, 4) is 11.5 Å². The van der Waals surface area contributed by atoms with Gasteiger partial charge in [-0.05, 0) is 18.9 Å². The first-order valence-electron chi connectivity index (χ1n) is 9.88. The Hall–Kier alpha value is -1.50. The van der Waals surface area contributed by atoms with Crippen molar-refractivity contribution >= 4 is 0 Å². The molecule has 0 spiro atoms. The summed E-state index contributed by atoms with van der Waals surface area (Å²) in [6.45, 7) is 2.29. The average Bonchev–Trinajstić information content (AvgIpc) is 3.09. The van der Waals surface area contributed by atoms with E-state index in [1.807, 2.05) is 0 Å². The molecular formula is C20H28O10. The third-order valence-corrected chi connectivity index (χ3v) is 6.94. The molecule has 1 aromatic rings. The third-order valence-electron chi connectivity index (χ3n) is 6.94. The highest BCUT2D eigenvalue weighted by Gasteiger charge is 2.70. The van der Waals surface area contributed by atoms with Crippen LogP contribution in [0.25, 0.3) is 0 Å². The smallest absolute Gasteiger partial charge is 0.187 e. The molecule has 1 saturated heterocycles. The molecule has 30 heavy (non-hydrogen) atoms. The number of rotatable bonds is 4. The highest BCUT2D eigenvalue weighted by Crippen LogP contribution is 2.61. The van der Waals surface area contributed by atoms with Crippen LogP contribution in [0.15, 0.2) is 12.1 Å². The zero-order valence-corrected chi connectivity index (χ0v) is 16.7. The van der Waals surface area contributed by atoms with E-state index < -0.39 is 67.1 Å². The van der Waals surface area contributed by atoms with Gasteiger partial charge < -0.3 is 50.0 Å². The Morgan fingerprint density at radius 2 is 1.80 bits per heavy atom. The topological polar surface area (TPSA) is 169 Å². The first kappa shape index (κ1) is 21.7. The molecule has 2 heterocycles. The minimum atomic E-state index is -1.67. The zero-order chi connectivity index (χ0) is 22.0. The summed E-state index contributed by atoms with van der Waals surface area (Å²) in [5.41, 5.74) is -1.24. The predicted octanol–water partition coefficient (Wildman–Crippen LogP) is -1.97. The van der Waals surface area contributed by atoms with E-state index >= 15 is 0 Å². The first-order valence-corrected chi connectivity index (χ1v) is 9.88. The maximum absolute atomic E-state index is 10.8. The van der Waals surface area contributed by atoms with E-state index in [1.165, 1.54) is 0 Å². The lowest BCUT2D eigenvalue weighted by Gasteiger charge is -2.44. The number of phenols is 1. The second-order valence-electron chi connectivity index (χ2n) is 8.61. The molecule has 1 saturated carbocycles. The number of fused-ring (bicyclic) bond motifs is 3. The number of aryl methyl sites for hydroxylation is 1. The normalized spacial score (nSPS) is 45.1. The predicted molar refractivity (Wildman–Crippen MR) is 99.9 cm³/mol. The Bertz CT molecular complexity index is 815. The van der Waals surface area contributed by atoms with Crippen LogP contribution in [0.5, 0.6) is 11.5 Å². The molecule has 3 aliphatic rings. The van der Waals surface area contributed by atoms with Crippen molar-refractivity contribution in [2.24, 2.45) is 0 Å². The Balaban J connectivity index is 1.69. The van der Waals surface area contributed by atoms with Gasteiger partial charge in [-0.3, -0.25) is 0 Å². The summed E-state index contributed by atoms with van der Waals surface area (Å²) < 4.78 is 17.3. The van der Waals surface area contributed by atoms with E-state index in [1.54, 1.807) is 26.0 Å². The maximum atomic E-state index is 10.8. The van der Waals surface area contributed by atoms with Gasteiger partial charge in [-0.25, -0.2) is 0 Å². The van der Waals surface area contributed by atoms with E-state index in [0.717, 1.165) is 0 Å². The number of phenolic OH excluding ortho intramolecular Hbond substituents is 1. The number of aliphatic hydroxyl groups excluding tert-OH is 6. The molecule has 0 radical (unpaired) electrons. The summed E-state index contributed by atoms with van der Waals surface area (Å²) in [6, 6.07) is 3.49. The lowest BCUT2D eigenvalue weighted by molar-refractivity contribution is -0.326. The van der Waals surface area contributed by atoms with Crippen molar-refractivity contribution < 1.29 is 50.0 Å². The Morgan fingerprint density at radius 1 is 1.10 bits per heavy atom. The highest BCUT2D eigenvalue weighted by atomic mass is 16.7. The molecule has 0 unspecified atom stereocenters. The van der Waals surface area contributed by atoms with E-state index in [4.69, 9.17) is 14.2 Å². The summed E-state index contributed by atoms with van der Waals surface area (Å²) in [5.74, 6) is 0.123. The van der Waals surface area contributed by atoms with Gasteiger partial charge in [0.1, 0.15) is 30.5 Å². The van der Waals surface area contributed by atoms with Crippen molar-refractivity contribution in [1.82, 2.24) is 0 Å². The molecule has 7 N–H and O–H groups in total. The molecule has 10 heteroatoms. The number of hydrogen-bond donors (Lipinski definition) is 7. The summed E-state index contributed by atoms with van der Waals surface area (Å²) in [4.78, 5) is 0. The van der Waals surface area contributed by atoms with Crippen molar-refractivity contribution in [3.05, 3.63) is 23.3 Å². The number of aromatic hydroxyl groups is 1. The number of ether oxygens (including phenoxy) is 3. The standard InChI is InChI=1S/C20H28O10/c1-8-3-4-9-16(12(8)24)30-20(7-22)17(10(23)5-19(9,20)2)29-18-15(27)14(26)13(25)11(6-21)28-18/h3-4,10-11,13-15,17-18,21-27H,5-7H2,1-2H3/t10-,11-,13-,14+,15-,17-,18+,19-,20-/m1/s1. The molecular weight excluding hydrogens is 400 g/mol. The van der Waals surface area contributed by atoms with E-state index in [0.29, 0.717) is 11.1 Å². The van der Waals surface area contributed by atoms with Gasteiger partial charge in [-0.15, -0.1) is 0 Å². The SMILES string of the molecule is Cc1ccc2c(c1O)O[C@]1(CO)[C@H](O[C@@H]3O[C@H](CO)[C@@H](O)[C@H](O)[C@H]3O)[C@H](O)C[C@]21C. The number of benzene rings is 1. The van der Waals surface area contributed by atoms with Gasteiger partial charge in [-0.1, -0.05) is 19.1 Å². The third kappa shape index (κ3) is 2.73. The molecule has 168 valence electrons. The zero-order valence-electron chi connectivity index (χ0n) is 16.7. The Kier molecular flexibility index (Phi) is 5.27. The minimum absolute atomic E-state index is 0.0722. The van der Waals surface area contributed by atoms with Crippen molar-refractivity contribution in [3.63, 3.8) is 0 Å². The van der Waals surface area contributed by atoms with Gasteiger partial charge in [0.05, 0.1) is 19.3 Å². The van der Waals surface area contributed by atoms with E-state index in [9.17, 15) is 35.7 Å². The molecule has 2 fully saturated rings. The Labute approximate surface area is 172 Å². The van der Waals surface area contributed by atoms with Crippen LogP contribution in [0.4, 0.5) is 0 Å². The summed E-state index contributed by atoms with van der Waals surface area (Å²) >= 11 is 0. The van der Waals surface area contributed by atoms with Crippen LogP contribution < -0.4 is 4.74 Å². The van der Waals surface area contributed by atoms with Crippen LogP contribution in [-0.4, -0.2) is 97.5 Å². The van der Waals surface area contributed by atoms with E-state index in [-0.39, 0.29) is 17.9 Å². The summed E-state index contributed by atoms with van der Waals surface area (Å²) in [7, 11) is 0. The number of hydrogen-bond acceptors (Lipinski definition) is 10. The highest BCUT2D eigenvalue weighted by molar-refractivity contribution is 5.59. The lowest BCUT2D eigenvalue weighted by atomic mass is 9.72. The molecule has 9 atom stereocenters. The second kappa shape index (κ2) is 7.28. The van der Waals surface area contributed by atoms with Crippen LogP contribution in [0.1, 0.15) is 24.5 Å². The van der Waals surface area contributed by atoms with Gasteiger partial charge in [0, 0.05) is 11.0 Å². The molecule has 0 bridgehead atoms. The van der Waals surface area contributed by atoms with Gasteiger partial charge in [0.2, 0.25) is 0 Å². The van der Waals surface area contributed by atoms with Crippen LogP contribution in [0, 0.1) is 6.92 Å². The largest absolute Gasteiger partial charge is 0.504 e. The maximum Gasteiger partial charge on any atom is 0.187 e. The van der Waals surface area contributed by atoms with Crippen molar-refractivity contribution in [2.75, 3.05) is 13.2 Å².